The fourth-order valence-electron chi connectivity index (χ4n) is 3.95. The van der Waals surface area contributed by atoms with Crippen LogP contribution in [0.2, 0.25) is 5.02 Å². The van der Waals surface area contributed by atoms with Crippen molar-refractivity contribution >= 4 is 29.7 Å². The Kier molecular flexibility index (Phi) is 6.38. The fourth-order valence-corrected chi connectivity index (χ4v) is 4.13. The summed E-state index contributed by atoms with van der Waals surface area (Å²) in [4.78, 5) is 23.7. The van der Waals surface area contributed by atoms with Gasteiger partial charge in [0.1, 0.15) is 5.70 Å². The van der Waals surface area contributed by atoms with Crippen molar-refractivity contribution in [1.29, 1.82) is 0 Å². The number of nitrogens with one attached hydrogen (secondary N) is 1. The lowest BCUT2D eigenvalue weighted by Gasteiger charge is -2.34. The molecule has 10 heteroatoms. The van der Waals surface area contributed by atoms with E-state index in [2.05, 4.69) is 5.32 Å². The van der Waals surface area contributed by atoms with Gasteiger partial charge < -0.3 is 25.3 Å². The molecule has 2 aliphatic rings. The van der Waals surface area contributed by atoms with Crippen LogP contribution in [0.1, 0.15) is 23.6 Å². The Morgan fingerprint density at radius 3 is 2.81 bits per heavy atom. The van der Waals surface area contributed by atoms with Crippen LogP contribution in [0.15, 0.2) is 48.3 Å². The van der Waals surface area contributed by atoms with Crippen LogP contribution >= 0.6 is 11.6 Å². The monoisotopic (exact) mass is 458 g/mol. The predicted molar refractivity (Wildman–Crippen MR) is 118 cm³/mol. The molecule has 0 aromatic heterocycles. The SMILES string of the molecule is N/C(=C\N(N)c1cccc(Cl)c1)C(=O)NC1c2cc3c(cc2CCC1COC=O)OCO3. The van der Waals surface area contributed by atoms with E-state index in [0.717, 1.165) is 17.5 Å². The molecular formula is C22H23ClN4O5. The van der Waals surface area contributed by atoms with Crippen molar-refractivity contribution in [3.63, 3.8) is 0 Å². The summed E-state index contributed by atoms with van der Waals surface area (Å²) in [6.07, 6.45) is 2.78. The number of aryl methyl sites for hydroxylation is 1. The number of amides is 1. The summed E-state index contributed by atoms with van der Waals surface area (Å²) in [7, 11) is 0. The van der Waals surface area contributed by atoms with E-state index in [9.17, 15) is 9.59 Å². The summed E-state index contributed by atoms with van der Waals surface area (Å²) in [5.74, 6) is 6.66. The summed E-state index contributed by atoms with van der Waals surface area (Å²) in [6.45, 7) is 0.718. The van der Waals surface area contributed by atoms with Crippen molar-refractivity contribution in [1.82, 2.24) is 5.32 Å². The number of rotatable bonds is 7. The molecule has 2 atom stereocenters. The van der Waals surface area contributed by atoms with E-state index in [0.29, 0.717) is 35.1 Å². The van der Waals surface area contributed by atoms with Gasteiger partial charge in [-0.2, -0.15) is 0 Å². The standard InChI is InChI=1S/C22H23ClN4O5/c23-15-2-1-3-16(7-15)27(25)9-18(24)22(29)26-21-14(10-30-11-28)5-4-13-6-19-20(8-17(13)21)32-12-31-19/h1-3,6-9,11,14,21H,4-5,10,12,24-25H2,(H,26,29)/b18-9-. The Hall–Kier alpha value is -3.43. The van der Waals surface area contributed by atoms with Crippen LogP contribution in [0.25, 0.3) is 0 Å². The molecule has 1 aliphatic heterocycles. The molecule has 9 nitrogen and oxygen atoms in total. The molecule has 0 saturated carbocycles. The second-order valence-electron chi connectivity index (χ2n) is 7.56. The highest BCUT2D eigenvalue weighted by atomic mass is 35.5. The third-order valence-corrected chi connectivity index (χ3v) is 5.77. The number of carbonyl (C=O) groups excluding carboxylic acids is 2. The number of nitrogens with two attached hydrogens (primary N) is 2. The van der Waals surface area contributed by atoms with Crippen LogP contribution in [0.5, 0.6) is 11.5 Å². The summed E-state index contributed by atoms with van der Waals surface area (Å²) >= 11 is 5.99. The first kappa shape index (κ1) is 21.8. The van der Waals surface area contributed by atoms with E-state index in [1.165, 1.54) is 11.2 Å². The Balaban J connectivity index is 1.57. The van der Waals surface area contributed by atoms with Crippen LogP contribution < -0.4 is 31.4 Å². The van der Waals surface area contributed by atoms with Crippen LogP contribution in [0.3, 0.4) is 0 Å². The minimum atomic E-state index is -0.505. The van der Waals surface area contributed by atoms with Crippen LogP contribution in [0, 0.1) is 5.92 Å². The van der Waals surface area contributed by atoms with Gasteiger partial charge in [-0.05, 0) is 54.3 Å². The zero-order valence-corrected chi connectivity index (χ0v) is 17.9. The molecule has 0 fully saturated rings. The van der Waals surface area contributed by atoms with Gasteiger partial charge >= 0.3 is 0 Å². The van der Waals surface area contributed by atoms with Crippen molar-refractivity contribution < 1.29 is 23.8 Å². The molecule has 2 aromatic rings. The molecule has 0 bridgehead atoms. The highest BCUT2D eigenvalue weighted by Crippen LogP contribution is 2.42. The first-order chi connectivity index (χ1) is 15.5. The van der Waals surface area contributed by atoms with Crippen molar-refractivity contribution in [3.8, 4) is 11.5 Å². The van der Waals surface area contributed by atoms with Gasteiger partial charge in [0.2, 0.25) is 6.79 Å². The lowest BCUT2D eigenvalue weighted by Crippen LogP contribution is -2.41. The topological polar surface area (TPSA) is 129 Å². The van der Waals surface area contributed by atoms with Gasteiger partial charge in [0, 0.05) is 17.1 Å². The number of ether oxygens (including phenoxy) is 3. The minimum absolute atomic E-state index is 0.0876. The number of nitrogens with zero attached hydrogens (tertiary/aromatic N) is 1. The Morgan fingerprint density at radius 2 is 2.06 bits per heavy atom. The molecule has 0 saturated heterocycles. The van der Waals surface area contributed by atoms with Crippen molar-refractivity contribution in [2.45, 2.75) is 18.9 Å². The fraction of sp³-hybridized carbons (Fsp3) is 0.273. The van der Waals surface area contributed by atoms with Gasteiger partial charge in [-0.15, -0.1) is 0 Å². The highest BCUT2D eigenvalue weighted by molar-refractivity contribution is 6.30. The maximum Gasteiger partial charge on any atom is 0.293 e. The van der Waals surface area contributed by atoms with Gasteiger partial charge in [0.05, 0.1) is 18.3 Å². The summed E-state index contributed by atoms with van der Waals surface area (Å²) in [5, 5.41) is 4.69. The third kappa shape index (κ3) is 4.58. The third-order valence-electron chi connectivity index (χ3n) is 5.54. The van der Waals surface area contributed by atoms with Gasteiger partial charge in [-0.1, -0.05) is 17.7 Å². The van der Waals surface area contributed by atoms with Crippen LogP contribution in [-0.2, 0) is 20.7 Å². The summed E-state index contributed by atoms with van der Waals surface area (Å²) < 4.78 is 16.0. The Bertz CT molecular complexity index is 1060. The zero-order valence-electron chi connectivity index (χ0n) is 17.1. The van der Waals surface area contributed by atoms with Gasteiger partial charge in [0.15, 0.2) is 11.5 Å². The maximum absolute atomic E-state index is 12.9. The lowest BCUT2D eigenvalue weighted by molar-refractivity contribution is -0.130. The molecule has 1 amide bonds. The molecule has 32 heavy (non-hydrogen) atoms. The maximum atomic E-state index is 12.9. The number of anilines is 1. The number of benzene rings is 2. The van der Waals surface area contributed by atoms with Crippen LogP contribution in [-0.4, -0.2) is 25.8 Å². The zero-order chi connectivity index (χ0) is 22.7. The number of carbonyl (C=O) groups is 2. The molecule has 4 rings (SSSR count). The summed E-state index contributed by atoms with van der Waals surface area (Å²) in [5.41, 5.74) is 8.42. The van der Waals surface area contributed by atoms with Crippen molar-refractivity contribution in [2.24, 2.45) is 17.5 Å². The quantitative estimate of drug-likeness (QED) is 0.249. The van der Waals surface area contributed by atoms with Crippen molar-refractivity contribution in [2.75, 3.05) is 18.4 Å². The van der Waals surface area contributed by atoms with Crippen LogP contribution in [0.4, 0.5) is 5.69 Å². The molecule has 168 valence electrons. The van der Waals surface area contributed by atoms with E-state index >= 15 is 0 Å². The van der Waals surface area contributed by atoms with E-state index in [-0.39, 0.29) is 25.0 Å². The first-order valence-electron chi connectivity index (χ1n) is 10.0. The number of hydrogen-bond acceptors (Lipinski definition) is 8. The first-order valence-corrected chi connectivity index (χ1v) is 10.4. The second-order valence-corrected chi connectivity index (χ2v) is 7.99. The van der Waals surface area contributed by atoms with Gasteiger partial charge in [0.25, 0.3) is 12.4 Å². The van der Waals surface area contributed by atoms with Crippen molar-refractivity contribution in [3.05, 3.63) is 64.4 Å². The molecule has 0 radical (unpaired) electrons. The average molecular weight is 459 g/mol. The molecule has 0 spiro atoms. The summed E-state index contributed by atoms with van der Waals surface area (Å²) in [6, 6.07) is 10.2. The average Bonchev–Trinajstić information content (AvgIpc) is 3.24. The van der Waals surface area contributed by atoms with E-state index in [1.54, 1.807) is 24.3 Å². The van der Waals surface area contributed by atoms with Gasteiger partial charge in [-0.25, -0.2) is 5.84 Å². The lowest BCUT2D eigenvalue weighted by atomic mass is 9.79. The number of hydrogen-bond donors (Lipinski definition) is 3. The molecule has 1 aliphatic carbocycles. The van der Waals surface area contributed by atoms with E-state index in [4.69, 9.17) is 37.4 Å². The minimum Gasteiger partial charge on any atom is -0.468 e. The molecule has 1 heterocycles. The number of fused-ring (bicyclic) bond motifs is 2. The molecular weight excluding hydrogens is 436 g/mol. The Labute approximate surface area is 189 Å². The highest BCUT2D eigenvalue weighted by Gasteiger charge is 2.34. The van der Waals surface area contributed by atoms with Gasteiger partial charge in [-0.3, -0.25) is 14.6 Å². The normalized spacial score (nSPS) is 19.1. The second kappa shape index (κ2) is 9.37. The predicted octanol–water partition coefficient (Wildman–Crippen LogP) is 2.14. The molecule has 2 aromatic carbocycles. The largest absolute Gasteiger partial charge is 0.468 e. The molecule has 2 unspecified atom stereocenters. The van der Waals surface area contributed by atoms with E-state index < -0.39 is 11.9 Å². The smallest absolute Gasteiger partial charge is 0.293 e. The number of halogens is 1. The van der Waals surface area contributed by atoms with E-state index in [1.807, 2.05) is 12.1 Å². The Morgan fingerprint density at radius 1 is 1.28 bits per heavy atom. The number of hydrazine groups is 1. The molecule has 5 N–H and O–H groups in total.